The van der Waals surface area contributed by atoms with Crippen LogP contribution in [0, 0.1) is 0 Å². The summed E-state index contributed by atoms with van der Waals surface area (Å²) in [6, 6.07) is 9.29. The molecule has 0 amide bonds. The van der Waals surface area contributed by atoms with Crippen LogP contribution in [-0.4, -0.2) is 26.9 Å². The van der Waals surface area contributed by atoms with E-state index in [1.165, 1.54) is 0 Å². The number of nitrogens with zero attached hydrogens (tertiary/aromatic N) is 4. The monoisotopic (exact) mass is 267 g/mol. The average molecular weight is 267 g/mol. The van der Waals surface area contributed by atoms with Crippen molar-refractivity contribution >= 4 is 5.69 Å². The van der Waals surface area contributed by atoms with Crippen molar-refractivity contribution in [2.75, 3.05) is 12.8 Å². The molecule has 1 aromatic carbocycles. The zero-order valence-corrected chi connectivity index (χ0v) is 10.9. The molecule has 6 nitrogen and oxygen atoms in total. The smallest absolute Gasteiger partial charge is 0.181 e. The third kappa shape index (κ3) is 2.31. The molecule has 0 aliphatic rings. The first kappa shape index (κ1) is 12.2. The van der Waals surface area contributed by atoms with Gasteiger partial charge in [-0.1, -0.05) is 12.1 Å². The van der Waals surface area contributed by atoms with Crippen molar-refractivity contribution < 1.29 is 4.74 Å². The molecule has 0 unspecified atom stereocenters. The highest BCUT2D eigenvalue weighted by Gasteiger charge is 2.06. The van der Waals surface area contributed by atoms with Crippen LogP contribution >= 0.6 is 0 Å². The fraction of sp³-hybridized carbons (Fsp3) is 0.0714. The van der Waals surface area contributed by atoms with Gasteiger partial charge in [-0.05, 0) is 12.1 Å². The number of rotatable bonds is 3. The van der Waals surface area contributed by atoms with Crippen LogP contribution in [0.15, 0.2) is 49.1 Å². The van der Waals surface area contributed by atoms with E-state index in [0.717, 1.165) is 11.3 Å². The number of nitrogens with two attached hydrogens (primary N) is 1. The second-order valence-electron chi connectivity index (χ2n) is 4.22. The molecule has 3 aromatic rings. The van der Waals surface area contributed by atoms with Crippen molar-refractivity contribution in [2.24, 2.45) is 0 Å². The van der Waals surface area contributed by atoms with E-state index < -0.39 is 0 Å². The van der Waals surface area contributed by atoms with Crippen molar-refractivity contribution in [2.45, 2.75) is 0 Å². The Morgan fingerprint density at radius 3 is 2.90 bits per heavy atom. The standard InChI is InChI=1S/C14H13N5O/c1-20-13-6-12(7-16-8-13)19-9-17-14(18-19)10-3-2-4-11(15)5-10/h2-9H,15H2,1H3. The Bertz CT molecular complexity index is 738. The van der Waals surface area contributed by atoms with Crippen molar-refractivity contribution in [3.05, 3.63) is 49.1 Å². The molecule has 0 saturated carbocycles. The first-order chi connectivity index (χ1) is 9.76. The lowest BCUT2D eigenvalue weighted by atomic mass is 10.2. The number of pyridine rings is 1. The predicted molar refractivity (Wildman–Crippen MR) is 75.6 cm³/mol. The molecule has 0 atom stereocenters. The van der Waals surface area contributed by atoms with Crippen LogP contribution in [0.2, 0.25) is 0 Å². The number of benzene rings is 1. The van der Waals surface area contributed by atoms with E-state index in [1.807, 2.05) is 30.3 Å². The van der Waals surface area contributed by atoms with E-state index in [4.69, 9.17) is 10.5 Å². The third-order valence-electron chi connectivity index (χ3n) is 2.84. The van der Waals surface area contributed by atoms with Gasteiger partial charge in [0.25, 0.3) is 0 Å². The lowest BCUT2D eigenvalue weighted by molar-refractivity contribution is 0.412. The van der Waals surface area contributed by atoms with E-state index >= 15 is 0 Å². The molecule has 3 rings (SSSR count). The van der Waals surface area contributed by atoms with Crippen LogP contribution < -0.4 is 10.5 Å². The Morgan fingerprint density at radius 1 is 1.20 bits per heavy atom. The summed E-state index contributed by atoms with van der Waals surface area (Å²) in [5.74, 6) is 1.28. The highest BCUT2D eigenvalue weighted by molar-refractivity contribution is 5.60. The summed E-state index contributed by atoms with van der Waals surface area (Å²) >= 11 is 0. The molecule has 100 valence electrons. The maximum Gasteiger partial charge on any atom is 0.181 e. The maximum atomic E-state index is 5.76. The lowest BCUT2D eigenvalue weighted by Gasteiger charge is -2.02. The van der Waals surface area contributed by atoms with Crippen LogP contribution in [0.4, 0.5) is 5.69 Å². The fourth-order valence-corrected chi connectivity index (χ4v) is 1.84. The van der Waals surface area contributed by atoms with Gasteiger partial charge in [0, 0.05) is 17.3 Å². The molecule has 2 N–H and O–H groups in total. The molecule has 0 bridgehead atoms. The lowest BCUT2D eigenvalue weighted by Crippen LogP contribution is -1.97. The maximum absolute atomic E-state index is 5.76. The van der Waals surface area contributed by atoms with E-state index in [1.54, 1.807) is 30.5 Å². The van der Waals surface area contributed by atoms with Gasteiger partial charge in [-0.2, -0.15) is 0 Å². The van der Waals surface area contributed by atoms with Gasteiger partial charge in [0.15, 0.2) is 5.82 Å². The Balaban J connectivity index is 1.97. The summed E-state index contributed by atoms with van der Waals surface area (Å²) < 4.78 is 6.79. The van der Waals surface area contributed by atoms with Crippen LogP contribution in [0.1, 0.15) is 0 Å². The largest absolute Gasteiger partial charge is 0.495 e. The Morgan fingerprint density at radius 2 is 2.10 bits per heavy atom. The number of hydrogen-bond donors (Lipinski definition) is 1. The molecular weight excluding hydrogens is 254 g/mol. The molecule has 0 spiro atoms. The van der Waals surface area contributed by atoms with Gasteiger partial charge in [-0.3, -0.25) is 4.98 Å². The van der Waals surface area contributed by atoms with Crippen LogP contribution in [0.25, 0.3) is 17.1 Å². The molecule has 0 radical (unpaired) electrons. The summed E-state index contributed by atoms with van der Waals surface area (Å²) in [6.07, 6.45) is 4.97. The zero-order valence-electron chi connectivity index (χ0n) is 10.9. The summed E-state index contributed by atoms with van der Waals surface area (Å²) in [4.78, 5) is 8.38. The molecule has 20 heavy (non-hydrogen) atoms. The van der Waals surface area contributed by atoms with Gasteiger partial charge in [0.2, 0.25) is 0 Å². The Labute approximate surface area is 115 Å². The van der Waals surface area contributed by atoms with E-state index in [9.17, 15) is 0 Å². The van der Waals surface area contributed by atoms with Gasteiger partial charge in [0.1, 0.15) is 12.1 Å². The van der Waals surface area contributed by atoms with Gasteiger partial charge in [-0.25, -0.2) is 9.67 Å². The van der Waals surface area contributed by atoms with Crippen LogP contribution in [0.5, 0.6) is 5.75 Å². The van der Waals surface area contributed by atoms with Crippen molar-refractivity contribution in [1.29, 1.82) is 0 Å². The summed E-state index contributed by atoms with van der Waals surface area (Å²) in [7, 11) is 1.60. The molecule has 0 saturated heterocycles. The number of aromatic nitrogens is 4. The highest BCUT2D eigenvalue weighted by atomic mass is 16.5. The summed E-state index contributed by atoms with van der Waals surface area (Å²) in [5.41, 5.74) is 8.10. The van der Waals surface area contributed by atoms with E-state index in [0.29, 0.717) is 17.3 Å². The number of nitrogen functional groups attached to an aromatic ring is 1. The van der Waals surface area contributed by atoms with Gasteiger partial charge in [0.05, 0.1) is 25.2 Å². The highest BCUT2D eigenvalue weighted by Crippen LogP contribution is 2.19. The normalized spacial score (nSPS) is 10.4. The van der Waals surface area contributed by atoms with Crippen molar-refractivity contribution in [3.63, 3.8) is 0 Å². The average Bonchev–Trinajstić information content (AvgIpc) is 2.97. The van der Waals surface area contributed by atoms with Gasteiger partial charge >= 0.3 is 0 Å². The first-order valence-corrected chi connectivity index (χ1v) is 6.03. The number of methoxy groups -OCH3 is 1. The molecular formula is C14H13N5O. The minimum absolute atomic E-state index is 0.611. The molecule has 0 aliphatic carbocycles. The number of anilines is 1. The Kier molecular flexibility index (Phi) is 3.04. The Hall–Kier alpha value is -2.89. The molecule has 2 heterocycles. The molecule has 0 aliphatic heterocycles. The zero-order chi connectivity index (χ0) is 13.9. The predicted octanol–water partition coefficient (Wildman–Crippen LogP) is 1.92. The topological polar surface area (TPSA) is 78.8 Å². The molecule has 2 aromatic heterocycles. The first-order valence-electron chi connectivity index (χ1n) is 6.03. The van der Waals surface area contributed by atoms with Gasteiger partial charge in [-0.15, -0.1) is 5.10 Å². The molecule has 6 heteroatoms. The minimum Gasteiger partial charge on any atom is -0.495 e. The SMILES string of the molecule is COc1cncc(-n2cnc(-c3cccc(N)c3)n2)c1. The van der Waals surface area contributed by atoms with E-state index in [-0.39, 0.29) is 0 Å². The van der Waals surface area contributed by atoms with Crippen molar-refractivity contribution in [1.82, 2.24) is 19.7 Å². The van der Waals surface area contributed by atoms with E-state index in [2.05, 4.69) is 15.1 Å². The number of hydrogen-bond acceptors (Lipinski definition) is 5. The van der Waals surface area contributed by atoms with Crippen LogP contribution in [-0.2, 0) is 0 Å². The minimum atomic E-state index is 0.611. The van der Waals surface area contributed by atoms with Crippen LogP contribution in [0.3, 0.4) is 0 Å². The second kappa shape index (κ2) is 5.00. The fourth-order valence-electron chi connectivity index (χ4n) is 1.84. The summed E-state index contributed by atoms with van der Waals surface area (Å²) in [6.45, 7) is 0. The van der Waals surface area contributed by atoms with Crippen molar-refractivity contribution in [3.8, 4) is 22.8 Å². The van der Waals surface area contributed by atoms with Gasteiger partial charge < -0.3 is 10.5 Å². The molecule has 0 fully saturated rings. The summed E-state index contributed by atoms with van der Waals surface area (Å²) in [5, 5.41) is 4.42. The number of ether oxygens (including phenoxy) is 1. The quantitative estimate of drug-likeness (QED) is 0.733. The third-order valence-corrected chi connectivity index (χ3v) is 2.84. The second-order valence-corrected chi connectivity index (χ2v) is 4.22.